The van der Waals surface area contributed by atoms with E-state index in [2.05, 4.69) is 38.3 Å². The van der Waals surface area contributed by atoms with Crippen LogP contribution in [0, 0.1) is 11.8 Å². The van der Waals surface area contributed by atoms with Gasteiger partial charge < -0.3 is 20.1 Å². The Morgan fingerprint density at radius 2 is 0.969 bits per heavy atom. The summed E-state index contributed by atoms with van der Waals surface area (Å²) in [5, 5.41) is 7.13. The fraction of sp³-hybridized carbons (Fsp3) is 0.923. The Kier molecular flexibility index (Phi) is 14.9. The van der Waals surface area contributed by atoms with Crippen LogP contribution in [-0.4, -0.2) is 49.3 Å². The summed E-state index contributed by atoms with van der Waals surface area (Å²) in [7, 11) is 0. The molecule has 0 spiro atoms. The summed E-state index contributed by atoms with van der Waals surface area (Å²) in [6, 6.07) is 2.43. The third kappa shape index (κ3) is 13.4. The van der Waals surface area contributed by atoms with Crippen LogP contribution in [0.4, 0.5) is 0 Å². The van der Waals surface area contributed by atoms with Gasteiger partial charge in [0.25, 0.3) is 0 Å². The Labute approximate surface area is 197 Å². The molecule has 0 heterocycles. The largest absolute Gasteiger partial charge is 0.466 e. The van der Waals surface area contributed by atoms with E-state index in [1.54, 1.807) is 0 Å². The molecule has 0 saturated heterocycles. The summed E-state index contributed by atoms with van der Waals surface area (Å²) in [6.07, 6.45) is 10.6. The highest BCUT2D eigenvalue weighted by Gasteiger charge is 2.24. The zero-order valence-electron chi connectivity index (χ0n) is 21.6. The topological polar surface area (TPSA) is 76.7 Å². The van der Waals surface area contributed by atoms with E-state index in [0.29, 0.717) is 62.1 Å². The van der Waals surface area contributed by atoms with E-state index in [4.69, 9.17) is 9.47 Å². The fourth-order valence-corrected chi connectivity index (χ4v) is 4.92. The van der Waals surface area contributed by atoms with Crippen molar-refractivity contribution in [1.82, 2.24) is 10.6 Å². The van der Waals surface area contributed by atoms with Gasteiger partial charge in [0.2, 0.25) is 0 Å². The lowest BCUT2D eigenvalue weighted by atomic mass is 9.84. The minimum absolute atomic E-state index is 0.0252. The van der Waals surface area contributed by atoms with Gasteiger partial charge in [0, 0.05) is 37.0 Å². The second-order valence-electron chi connectivity index (χ2n) is 10.1. The Morgan fingerprint density at radius 1 is 0.656 bits per heavy atom. The highest BCUT2D eigenvalue weighted by Crippen LogP contribution is 2.28. The maximum Gasteiger partial charge on any atom is 0.306 e. The van der Waals surface area contributed by atoms with Crippen molar-refractivity contribution in [2.75, 3.05) is 13.2 Å². The summed E-state index contributed by atoms with van der Waals surface area (Å²) < 4.78 is 9.96. The molecule has 0 aromatic rings. The first kappa shape index (κ1) is 28.9. The number of carbonyl (C=O) groups is 2. The zero-order valence-corrected chi connectivity index (χ0v) is 21.6. The van der Waals surface area contributed by atoms with Gasteiger partial charge in [-0.05, 0) is 77.0 Å². The Morgan fingerprint density at radius 3 is 1.22 bits per heavy atom. The molecule has 0 radical (unpaired) electrons. The maximum absolute atomic E-state index is 11.3. The summed E-state index contributed by atoms with van der Waals surface area (Å²) >= 11 is 0. The molecular formula is C26H50N2O4. The fourth-order valence-electron chi connectivity index (χ4n) is 4.92. The van der Waals surface area contributed by atoms with E-state index >= 15 is 0 Å². The molecule has 0 aliphatic heterocycles. The number of nitrogens with one attached hydrogen (secondary N) is 2. The molecule has 0 bridgehead atoms. The number of carbonyl (C=O) groups excluding carboxylic acids is 2. The molecule has 6 heteroatoms. The van der Waals surface area contributed by atoms with Crippen LogP contribution in [0.15, 0.2) is 0 Å². The Hall–Kier alpha value is -1.14. The molecule has 2 aliphatic carbocycles. The van der Waals surface area contributed by atoms with Crippen molar-refractivity contribution >= 4 is 11.9 Å². The molecule has 0 aromatic heterocycles. The van der Waals surface area contributed by atoms with Crippen molar-refractivity contribution in [1.29, 1.82) is 0 Å². The molecule has 2 N–H and O–H groups in total. The molecule has 6 nitrogen and oxygen atoms in total. The average Bonchev–Trinajstić information content (AvgIpc) is 2.71. The minimum atomic E-state index is -0.0252. The third-order valence-electron chi connectivity index (χ3n) is 6.35. The molecule has 0 unspecified atom stereocenters. The van der Waals surface area contributed by atoms with Crippen molar-refractivity contribution in [3.8, 4) is 0 Å². The summed E-state index contributed by atoms with van der Waals surface area (Å²) in [6.45, 7) is 13.5. The lowest BCUT2D eigenvalue weighted by Crippen LogP contribution is -2.37. The number of hydrogen-bond acceptors (Lipinski definition) is 6. The molecule has 0 aromatic carbocycles. The number of esters is 2. The van der Waals surface area contributed by atoms with Crippen molar-refractivity contribution in [3.63, 3.8) is 0 Å². The third-order valence-corrected chi connectivity index (χ3v) is 6.35. The van der Waals surface area contributed by atoms with Gasteiger partial charge in [-0.2, -0.15) is 0 Å². The number of rotatable bonds is 10. The quantitative estimate of drug-likeness (QED) is 0.453. The minimum Gasteiger partial charge on any atom is -0.466 e. The van der Waals surface area contributed by atoms with Gasteiger partial charge in [-0.1, -0.05) is 27.7 Å². The molecule has 0 atom stereocenters. The monoisotopic (exact) mass is 454 g/mol. The van der Waals surface area contributed by atoms with Gasteiger partial charge in [-0.3, -0.25) is 9.59 Å². The number of hydrogen-bond donors (Lipinski definition) is 2. The van der Waals surface area contributed by atoms with Gasteiger partial charge in [0.15, 0.2) is 0 Å². The summed E-state index contributed by atoms with van der Waals surface area (Å²) in [5.41, 5.74) is 0. The first-order valence-corrected chi connectivity index (χ1v) is 13.1. The van der Waals surface area contributed by atoms with Gasteiger partial charge in [0.1, 0.15) is 0 Å². The lowest BCUT2D eigenvalue weighted by molar-refractivity contribution is -0.145. The Balaban J connectivity index is 0.000000320. The van der Waals surface area contributed by atoms with E-state index in [0.717, 1.165) is 25.7 Å². The van der Waals surface area contributed by atoms with E-state index in [-0.39, 0.29) is 11.9 Å². The predicted molar refractivity (Wildman–Crippen MR) is 131 cm³/mol. The molecule has 2 aliphatic rings. The molecule has 2 fully saturated rings. The highest BCUT2D eigenvalue weighted by molar-refractivity contribution is 5.70. The van der Waals surface area contributed by atoms with E-state index in [9.17, 15) is 9.59 Å². The van der Waals surface area contributed by atoms with Crippen LogP contribution < -0.4 is 10.6 Å². The van der Waals surface area contributed by atoms with Crippen molar-refractivity contribution in [2.45, 2.75) is 130 Å². The van der Waals surface area contributed by atoms with Gasteiger partial charge in [-0.15, -0.1) is 0 Å². The summed E-state index contributed by atoms with van der Waals surface area (Å²) in [5.74, 6) is 1.04. The first-order chi connectivity index (χ1) is 15.2. The molecule has 0 amide bonds. The van der Waals surface area contributed by atoms with Crippen LogP contribution in [0.2, 0.25) is 0 Å². The zero-order chi connectivity index (χ0) is 23.9. The highest BCUT2D eigenvalue weighted by atomic mass is 16.5. The van der Waals surface area contributed by atoms with Crippen molar-refractivity contribution in [2.24, 2.45) is 11.8 Å². The molecule has 2 rings (SSSR count). The first-order valence-electron chi connectivity index (χ1n) is 13.1. The SMILES string of the molecule is CCOC(=O)CC1CCC(NC(C)C)CC1.CCOC(=O)CC1CCC(NC(C)C)CC1. The molecule has 32 heavy (non-hydrogen) atoms. The van der Waals surface area contributed by atoms with Crippen molar-refractivity contribution < 1.29 is 19.1 Å². The van der Waals surface area contributed by atoms with Crippen LogP contribution in [0.25, 0.3) is 0 Å². The van der Waals surface area contributed by atoms with Crippen molar-refractivity contribution in [3.05, 3.63) is 0 Å². The normalized spacial score (nSPS) is 25.8. The predicted octanol–water partition coefficient (Wildman–Crippen LogP) is 4.99. The second kappa shape index (κ2) is 16.5. The van der Waals surface area contributed by atoms with Crippen LogP contribution in [0.5, 0.6) is 0 Å². The van der Waals surface area contributed by atoms with Crippen LogP contribution in [-0.2, 0) is 19.1 Å². The van der Waals surface area contributed by atoms with Crippen LogP contribution in [0.1, 0.15) is 106 Å². The second-order valence-corrected chi connectivity index (χ2v) is 10.1. The number of ether oxygens (including phenoxy) is 2. The van der Waals surface area contributed by atoms with Crippen LogP contribution >= 0.6 is 0 Å². The molecular weight excluding hydrogens is 404 g/mol. The summed E-state index contributed by atoms with van der Waals surface area (Å²) in [4.78, 5) is 22.7. The standard InChI is InChI=1S/2C13H25NO2/c2*1-4-16-13(15)9-11-5-7-12(8-6-11)14-10(2)3/h2*10-12,14H,4-9H2,1-3H3. The van der Waals surface area contributed by atoms with E-state index in [1.807, 2.05) is 13.8 Å². The van der Waals surface area contributed by atoms with Gasteiger partial charge in [-0.25, -0.2) is 0 Å². The maximum atomic E-state index is 11.3. The van der Waals surface area contributed by atoms with E-state index < -0.39 is 0 Å². The van der Waals surface area contributed by atoms with Gasteiger partial charge >= 0.3 is 11.9 Å². The molecule has 188 valence electrons. The average molecular weight is 455 g/mol. The Bertz CT molecular complexity index is 462. The molecule has 2 saturated carbocycles. The lowest BCUT2D eigenvalue weighted by Gasteiger charge is -2.30. The van der Waals surface area contributed by atoms with Gasteiger partial charge in [0.05, 0.1) is 13.2 Å². The van der Waals surface area contributed by atoms with Crippen LogP contribution in [0.3, 0.4) is 0 Å². The smallest absolute Gasteiger partial charge is 0.306 e. The van der Waals surface area contributed by atoms with E-state index in [1.165, 1.54) is 25.7 Å².